The van der Waals surface area contributed by atoms with Gasteiger partial charge in [-0.05, 0) is 49.7 Å². The number of hydrogen-bond donors (Lipinski definition) is 2. The van der Waals surface area contributed by atoms with Crippen molar-refractivity contribution < 1.29 is 4.79 Å². The highest BCUT2D eigenvalue weighted by Crippen LogP contribution is 2.39. The molecule has 1 saturated carbocycles. The van der Waals surface area contributed by atoms with E-state index >= 15 is 0 Å². The van der Waals surface area contributed by atoms with Crippen LogP contribution in [0.25, 0.3) is 0 Å². The van der Waals surface area contributed by atoms with E-state index in [1.165, 1.54) is 24.0 Å². The molecule has 1 aliphatic rings. The molecule has 0 aliphatic heterocycles. The largest absolute Gasteiger partial charge is 0.349 e. The van der Waals surface area contributed by atoms with Crippen molar-refractivity contribution in [2.24, 2.45) is 11.7 Å². The molecule has 1 aromatic carbocycles. The molecule has 1 amide bonds. The molecule has 0 radical (unpaired) electrons. The second-order valence-corrected chi connectivity index (χ2v) is 6.41. The van der Waals surface area contributed by atoms with Gasteiger partial charge >= 0.3 is 0 Å². The van der Waals surface area contributed by atoms with Gasteiger partial charge in [-0.1, -0.05) is 31.2 Å². The number of nitrogens with two attached hydrogens (primary N) is 1. The molecule has 0 spiro atoms. The van der Waals surface area contributed by atoms with E-state index in [1.54, 1.807) is 0 Å². The van der Waals surface area contributed by atoms with Crippen molar-refractivity contribution in [2.75, 3.05) is 6.54 Å². The predicted molar refractivity (Wildman–Crippen MR) is 82.5 cm³/mol. The average Bonchev–Trinajstić information content (AvgIpc) is 3.23. The molecule has 20 heavy (non-hydrogen) atoms. The van der Waals surface area contributed by atoms with Gasteiger partial charge in [0.05, 0.1) is 5.54 Å². The zero-order chi connectivity index (χ0) is 14.8. The van der Waals surface area contributed by atoms with E-state index < -0.39 is 0 Å². The first-order chi connectivity index (χ1) is 9.46. The number of hydrogen-bond acceptors (Lipinski definition) is 2. The molecule has 1 aromatic rings. The van der Waals surface area contributed by atoms with Gasteiger partial charge in [0, 0.05) is 13.0 Å². The van der Waals surface area contributed by atoms with Gasteiger partial charge in [-0.3, -0.25) is 4.79 Å². The maximum atomic E-state index is 12.3. The zero-order valence-corrected chi connectivity index (χ0v) is 12.8. The van der Waals surface area contributed by atoms with Crippen LogP contribution in [0.5, 0.6) is 0 Å². The van der Waals surface area contributed by atoms with E-state index in [4.69, 9.17) is 5.73 Å². The monoisotopic (exact) mass is 274 g/mol. The lowest BCUT2D eigenvalue weighted by Crippen LogP contribution is -2.53. The summed E-state index contributed by atoms with van der Waals surface area (Å²) in [5, 5.41) is 3.16. The summed E-state index contributed by atoms with van der Waals surface area (Å²) in [5.74, 6) is 0.906. The molecule has 3 heteroatoms. The summed E-state index contributed by atoms with van der Waals surface area (Å²) in [5.41, 5.74) is 8.13. The van der Waals surface area contributed by atoms with Crippen molar-refractivity contribution in [3.05, 3.63) is 35.4 Å². The van der Waals surface area contributed by atoms with E-state index in [2.05, 4.69) is 38.2 Å². The van der Waals surface area contributed by atoms with E-state index in [1.807, 2.05) is 12.1 Å². The summed E-state index contributed by atoms with van der Waals surface area (Å²) >= 11 is 0. The normalized spacial score (nSPS) is 19.2. The zero-order valence-electron chi connectivity index (χ0n) is 12.8. The third kappa shape index (κ3) is 3.40. The van der Waals surface area contributed by atoms with E-state index in [0.717, 1.165) is 0 Å². The Kier molecular flexibility index (Phi) is 4.48. The fourth-order valence-electron chi connectivity index (χ4n) is 2.94. The molecule has 110 valence electrons. The number of nitrogens with one attached hydrogen (secondary N) is 1. The molecular formula is C17H26N2O. The van der Waals surface area contributed by atoms with Gasteiger partial charge in [0.25, 0.3) is 0 Å². The Morgan fingerprint density at radius 2 is 2.10 bits per heavy atom. The van der Waals surface area contributed by atoms with Gasteiger partial charge in [0.2, 0.25) is 5.91 Å². The maximum absolute atomic E-state index is 12.3. The smallest absolute Gasteiger partial charge is 0.221 e. The van der Waals surface area contributed by atoms with E-state index in [9.17, 15) is 4.79 Å². The predicted octanol–water partition coefficient (Wildman–Crippen LogP) is 2.73. The molecule has 2 unspecified atom stereocenters. The van der Waals surface area contributed by atoms with Gasteiger partial charge in [-0.15, -0.1) is 0 Å². The van der Waals surface area contributed by atoms with Crippen LogP contribution < -0.4 is 11.1 Å². The van der Waals surface area contributed by atoms with E-state index in [0.29, 0.717) is 18.9 Å². The second kappa shape index (κ2) is 5.96. The first kappa shape index (κ1) is 15.0. The van der Waals surface area contributed by atoms with Crippen molar-refractivity contribution in [3.8, 4) is 0 Å². The van der Waals surface area contributed by atoms with Crippen LogP contribution >= 0.6 is 0 Å². The van der Waals surface area contributed by atoms with Crippen LogP contribution in [-0.4, -0.2) is 18.0 Å². The van der Waals surface area contributed by atoms with Crippen molar-refractivity contribution in [1.82, 2.24) is 5.32 Å². The van der Waals surface area contributed by atoms with Crippen LogP contribution in [0.3, 0.4) is 0 Å². The Morgan fingerprint density at radius 1 is 1.45 bits per heavy atom. The minimum atomic E-state index is -0.220. The van der Waals surface area contributed by atoms with Crippen molar-refractivity contribution in [2.45, 2.75) is 51.5 Å². The van der Waals surface area contributed by atoms with Gasteiger partial charge < -0.3 is 11.1 Å². The molecule has 0 bridgehead atoms. The Hall–Kier alpha value is -1.35. The topological polar surface area (TPSA) is 55.1 Å². The number of amides is 1. The SMILES string of the molecule is Cc1ccccc1C(C)CC(=O)NC(C)(CN)C1CC1. The van der Waals surface area contributed by atoms with Crippen molar-refractivity contribution in [3.63, 3.8) is 0 Å². The Bertz CT molecular complexity index is 482. The highest BCUT2D eigenvalue weighted by atomic mass is 16.1. The number of carbonyl (C=O) groups excluding carboxylic acids is 1. The van der Waals surface area contributed by atoms with Gasteiger partial charge in [0.15, 0.2) is 0 Å². The lowest BCUT2D eigenvalue weighted by molar-refractivity contribution is -0.123. The molecule has 1 fully saturated rings. The first-order valence-corrected chi connectivity index (χ1v) is 7.53. The standard InChI is InChI=1S/C17H26N2O/c1-12-6-4-5-7-15(12)13(2)10-16(20)19-17(3,11-18)14-8-9-14/h4-7,13-14H,8-11,18H2,1-3H3,(H,19,20). The first-order valence-electron chi connectivity index (χ1n) is 7.53. The van der Waals surface area contributed by atoms with E-state index in [-0.39, 0.29) is 17.4 Å². The fourth-order valence-corrected chi connectivity index (χ4v) is 2.94. The third-order valence-electron chi connectivity index (χ3n) is 4.54. The Balaban J connectivity index is 1.96. The highest BCUT2D eigenvalue weighted by molar-refractivity contribution is 5.77. The summed E-state index contributed by atoms with van der Waals surface area (Å²) in [6, 6.07) is 8.27. The quantitative estimate of drug-likeness (QED) is 0.838. The van der Waals surface area contributed by atoms with Crippen LogP contribution in [0.2, 0.25) is 0 Å². The molecule has 0 heterocycles. The highest BCUT2D eigenvalue weighted by Gasteiger charge is 2.41. The molecule has 3 nitrogen and oxygen atoms in total. The molecule has 2 rings (SSSR count). The van der Waals surface area contributed by atoms with Crippen molar-refractivity contribution >= 4 is 5.91 Å². The summed E-state index contributed by atoms with van der Waals surface area (Å²) in [7, 11) is 0. The van der Waals surface area contributed by atoms with Gasteiger partial charge in [0.1, 0.15) is 0 Å². The van der Waals surface area contributed by atoms with Gasteiger partial charge in [-0.2, -0.15) is 0 Å². The van der Waals surface area contributed by atoms with Crippen LogP contribution in [0, 0.1) is 12.8 Å². The summed E-state index contributed by atoms with van der Waals surface area (Å²) in [6.45, 7) is 6.79. The Morgan fingerprint density at radius 3 is 2.65 bits per heavy atom. The minimum absolute atomic E-state index is 0.112. The summed E-state index contributed by atoms with van der Waals surface area (Å²) < 4.78 is 0. The summed E-state index contributed by atoms with van der Waals surface area (Å²) in [4.78, 5) is 12.3. The second-order valence-electron chi connectivity index (χ2n) is 6.41. The van der Waals surface area contributed by atoms with Crippen LogP contribution in [0.4, 0.5) is 0 Å². The van der Waals surface area contributed by atoms with Crippen LogP contribution in [0.15, 0.2) is 24.3 Å². The fraction of sp³-hybridized carbons (Fsp3) is 0.588. The number of rotatable bonds is 6. The Labute approximate surface area is 121 Å². The minimum Gasteiger partial charge on any atom is -0.349 e. The molecule has 0 saturated heterocycles. The van der Waals surface area contributed by atoms with Crippen LogP contribution in [0.1, 0.15) is 50.2 Å². The van der Waals surface area contributed by atoms with Crippen LogP contribution in [-0.2, 0) is 4.79 Å². The number of aryl methyl sites for hydroxylation is 1. The average molecular weight is 274 g/mol. The molecular weight excluding hydrogens is 248 g/mol. The molecule has 3 N–H and O–H groups in total. The van der Waals surface area contributed by atoms with Crippen molar-refractivity contribution in [1.29, 1.82) is 0 Å². The van der Waals surface area contributed by atoms with Gasteiger partial charge in [-0.25, -0.2) is 0 Å². The molecule has 2 atom stereocenters. The lowest BCUT2D eigenvalue weighted by atomic mass is 9.91. The lowest BCUT2D eigenvalue weighted by Gasteiger charge is -2.30. The molecule has 0 aromatic heterocycles. The number of carbonyl (C=O) groups is 1. The summed E-state index contributed by atoms with van der Waals surface area (Å²) in [6.07, 6.45) is 2.88. The maximum Gasteiger partial charge on any atom is 0.221 e. The molecule has 1 aliphatic carbocycles. The third-order valence-corrected chi connectivity index (χ3v) is 4.54. The number of benzene rings is 1.